The number of hydrazone groups is 1. The molecule has 0 aliphatic carbocycles. The molecule has 0 bridgehead atoms. The second kappa shape index (κ2) is 36.3. The Labute approximate surface area is 130 Å². The SMILES string of the molecule is C.C.NC(=O)N/N=C/CCO.NNC(N)=O.O.O=CCCO. The number of aliphatic hydroxyl groups is 2. The summed E-state index contributed by atoms with van der Waals surface area (Å²) in [5, 5.41) is 19.4. The molecule has 136 valence electrons. The molecule has 0 unspecified atom stereocenters. The van der Waals surface area contributed by atoms with Crippen LogP contribution in [-0.4, -0.2) is 53.5 Å². The van der Waals surface area contributed by atoms with Gasteiger partial charge in [0.25, 0.3) is 0 Å². The fraction of sp³-hybridized carbons (Fsp3) is 0.600. The van der Waals surface area contributed by atoms with Gasteiger partial charge < -0.3 is 32.0 Å². The number of hydrogen-bond donors (Lipinski definition) is 7. The van der Waals surface area contributed by atoms with Crippen molar-refractivity contribution in [3.05, 3.63) is 0 Å². The van der Waals surface area contributed by atoms with Gasteiger partial charge in [-0.25, -0.2) is 20.9 Å². The van der Waals surface area contributed by atoms with Crippen molar-refractivity contribution in [2.24, 2.45) is 22.4 Å². The van der Waals surface area contributed by atoms with Crippen LogP contribution >= 0.6 is 0 Å². The zero-order valence-corrected chi connectivity index (χ0v) is 10.8. The number of aliphatic hydroxyl groups excluding tert-OH is 2. The van der Waals surface area contributed by atoms with Gasteiger partial charge in [-0.2, -0.15) is 5.10 Å². The van der Waals surface area contributed by atoms with Crippen LogP contribution in [0.3, 0.4) is 0 Å². The molecular formula is C10H30N6O6. The van der Waals surface area contributed by atoms with Gasteiger partial charge in [-0.3, -0.25) is 5.43 Å². The Hall–Kier alpha value is -2.28. The minimum absolute atomic E-state index is 0. The van der Waals surface area contributed by atoms with Gasteiger partial charge in [-0.05, 0) is 0 Å². The lowest BCUT2D eigenvalue weighted by molar-refractivity contribution is -0.108. The normalized spacial score (nSPS) is 7.23. The molecule has 12 heteroatoms. The number of primary amides is 2. The average Bonchev–Trinajstić information content (AvgIpc) is 2.37. The highest BCUT2D eigenvalue weighted by atomic mass is 16.3. The summed E-state index contributed by atoms with van der Waals surface area (Å²) in [7, 11) is 0. The number of hydrazine groups is 1. The van der Waals surface area contributed by atoms with Crippen LogP contribution in [0.2, 0.25) is 0 Å². The molecule has 0 aromatic heterocycles. The molecule has 0 atom stereocenters. The first-order valence-electron chi connectivity index (χ1n) is 4.94. The number of nitrogens with zero attached hydrogens (tertiary/aromatic N) is 1. The van der Waals surface area contributed by atoms with Crippen LogP contribution in [0.4, 0.5) is 9.59 Å². The molecule has 0 aromatic carbocycles. The van der Waals surface area contributed by atoms with Crippen LogP contribution in [0.15, 0.2) is 5.10 Å². The highest BCUT2D eigenvalue weighted by Gasteiger charge is 1.81. The maximum Gasteiger partial charge on any atom is 0.332 e. The van der Waals surface area contributed by atoms with E-state index in [0.717, 1.165) is 0 Å². The van der Waals surface area contributed by atoms with E-state index in [-0.39, 0.29) is 40.0 Å². The summed E-state index contributed by atoms with van der Waals surface area (Å²) in [5.74, 6) is 4.45. The highest BCUT2D eigenvalue weighted by Crippen LogP contribution is 1.66. The summed E-state index contributed by atoms with van der Waals surface area (Å²) >= 11 is 0. The first-order valence-corrected chi connectivity index (χ1v) is 4.94. The standard InChI is InChI=1S/C4H9N3O2.C3H6O2.CH5N3O.2CH4.H2O/c5-4(9)7-6-2-1-3-8;4-2-1-3-5;2-1(5)4-3;;;/h2,8H,1,3H2,(H3,5,7,9);2,5H,1,3H2;3H2,(H3,2,4,5);2*1H4;1H2/b6-2+;;;;;. The Morgan fingerprint density at radius 2 is 1.45 bits per heavy atom. The molecule has 0 aliphatic heterocycles. The third-order valence-electron chi connectivity index (χ3n) is 0.913. The average molecular weight is 330 g/mol. The van der Waals surface area contributed by atoms with Crippen molar-refractivity contribution in [1.29, 1.82) is 0 Å². The lowest BCUT2D eigenvalue weighted by Crippen LogP contribution is -2.34. The zero-order chi connectivity index (χ0) is 15.5. The van der Waals surface area contributed by atoms with Crippen LogP contribution in [-0.2, 0) is 4.79 Å². The number of carbonyl (C=O) groups excluding carboxylic acids is 3. The Morgan fingerprint density at radius 1 is 1.05 bits per heavy atom. The summed E-state index contributed by atoms with van der Waals surface area (Å²) in [6.45, 7) is -0.00651. The van der Waals surface area contributed by atoms with Crippen molar-refractivity contribution in [1.82, 2.24) is 10.9 Å². The minimum atomic E-state index is -0.718. The van der Waals surface area contributed by atoms with Crippen molar-refractivity contribution in [2.45, 2.75) is 27.7 Å². The van der Waals surface area contributed by atoms with Crippen LogP contribution in [0.5, 0.6) is 0 Å². The van der Waals surface area contributed by atoms with Gasteiger partial charge in [0.05, 0.1) is 0 Å². The van der Waals surface area contributed by atoms with Crippen molar-refractivity contribution in [3.63, 3.8) is 0 Å². The van der Waals surface area contributed by atoms with E-state index in [0.29, 0.717) is 12.7 Å². The van der Waals surface area contributed by atoms with E-state index in [1.807, 2.05) is 5.43 Å². The van der Waals surface area contributed by atoms with Crippen molar-refractivity contribution >= 4 is 24.6 Å². The monoisotopic (exact) mass is 330 g/mol. The molecule has 0 saturated heterocycles. The van der Waals surface area contributed by atoms with E-state index in [1.54, 1.807) is 5.43 Å². The fourth-order valence-electron chi connectivity index (χ4n) is 0.284. The molecule has 4 amide bonds. The predicted molar refractivity (Wildman–Crippen MR) is 84.7 cm³/mol. The molecule has 0 radical (unpaired) electrons. The maximum absolute atomic E-state index is 9.90. The largest absolute Gasteiger partial charge is 0.412 e. The number of nitrogens with two attached hydrogens (primary N) is 3. The van der Waals surface area contributed by atoms with Gasteiger partial charge in [0.15, 0.2) is 0 Å². The summed E-state index contributed by atoms with van der Waals surface area (Å²) in [6, 6.07) is -1.42. The van der Waals surface area contributed by atoms with Crippen LogP contribution in [0.1, 0.15) is 27.7 Å². The number of rotatable bonds is 5. The second-order valence-electron chi connectivity index (χ2n) is 2.49. The van der Waals surface area contributed by atoms with Crippen LogP contribution in [0, 0.1) is 0 Å². The Morgan fingerprint density at radius 3 is 1.64 bits per heavy atom. The molecule has 12 N–H and O–H groups in total. The molecule has 0 heterocycles. The van der Waals surface area contributed by atoms with E-state index in [1.165, 1.54) is 6.21 Å². The summed E-state index contributed by atoms with van der Waals surface area (Å²) in [6.07, 6.45) is 2.73. The molecular weight excluding hydrogens is 300 g/mol. The maximum atomic E-state index is 9.90. The first-order chi connectivity index (χ1) is 8.95. The number of urea groups is 2. The third kappa shape index (κ3) is 83.1. The van der Waals surface area contributed by atoms with E-state index < -0.39 is 12.1 Å². The number of nitrogens with one attached hydrogen (secondary N) is 2. The lowest BCUT2D eigenvalue weighted by atomic mass is 10.5. The van der Waals surface area contributed by atoms with Gasteiger partial charge in [0.1, 0.15) is 6.29 Å². The van der Waals surface area contributed by atoms with Crippen molar-refractivity contribution in [3.8, 4) is 0 Å². The highest BCUT2D eigenvalue weighted by molar-refractivity contribution is 5.72. The molecule has 0 saturated carbocycles. The summed E-state index contributed by atoms with van der Waals surface area (Å²) in [5.41, 5.74) is 12.7. The molecule has 22 heavy (non-hydrogen) atoms. The van der Waals surface area contributed by atoms with Crippen molar-refractivity contribution in [2.75, 3.05) is 13.2 Å². The number of carbonyl (C=O) groups is 3. The first kappa shape index (κ1) is 36.7. The van der Waals surface area contributed by atoms with E-state index in [4.69, 9.17) is 10.2 Å². The summed E-state index contributed by atoms with van der Waals surface area (Å²) < 4.78 is 0. The smallest absolute Gasteiger partial charge is 0.332 e. The van der Waals surface area contributed by atoms with Crippen LogP contribution in [0.25, 0.3) is 0 Å². The molecule has 0 spiro atoms. The quantitative estimate of drug-likeness (QED) is 0.0949. The number of aldehydes is 1. The number of amides is 4. The Kier molecular flexibility index (Phi) is 60.6. The van der Waals surface area contributed by atoms with Crippen LogP contribution < -0.4 is 28.2 Å². The Balaban J connectivity index is -0.0000000434. The molecule has 0 rings (SSSR count). The molecule has 0 aliphatic rings. The third-order valence-corrected chi connectivity index (χ3v) is 0.913. The van der Waals surface area contributed by atoms with Gasteiger partial charge in [-0.15, -0.1) is 0 Å². The minimum Gasteiger partial charge on any atom is -0.412 e. The van der Waals surface area contributed by atoms with Crippen molar-refractivity contribution < 1.29 is 30.1 Å². The zero-order valence-electron chi connectivity index (χ0n) is 10.8. The van der Waals surface area contributed by atoms with Gasteiger partial charge in [0.2, 0.25) is 0 Å². The topological polar surface area (TPSA) is 238 Å². The summed E-state index contributed by atoms with van der Waals surface area (Å²) in [4.78, 5) is 28.5. The van der Waals surface area contributed by atoms with E-state index in [9.17, 15) is 14.4 Å². The van der Waals surface area contributed by atoms with Gasteiger partial charge >= 0.3 is 12.1 Å². The predicted octanol–water partition coefficient (Wildman–Crippen LogP) is -2.43. The second-order valence-corrected chi connectivity index (χ2v) is 2.49. The number of hydrogen-bond acceptors (Lipinski definition) is 7. The Bertz CT molecular complexity index is 264. The van der Waals surface area contributed by atoms with E-state index in [2.05, 4.69) is 22.4 Å². The van der Waals surface area contributed by atoms with E-state index >= 15 is 0 Å². The van der Waals surface area contributed by atoms with Gasteiger partial charge in [-0.1, -0.05) is 14.9 Å². The molecule has 12 nitrogen and oxygen atoms in total. The fourth-order valence-corrected chi connectivity index (χ4v) is 0.284. The molecule has 0 aromatic rings. The van der Waals surface area contributed by atoms with Gasteiger partial charge in [0, 0.05) is 32.3 Å². The molecule has 0 fully saturated rings. The lowest BCUT2D eigenvalue weighted by Gasteiger charge is -1.88.